The van der Waals surface area contributed by atoms with Crippen LogP contribution in [0.2, 0.25) is 0 Å². The predicted molar refractivity (Wildman–Crippen MR) is 60.9 cm³/mol. The predicted octanol–water partition coefficient (Wildman–Crippen LogP) is 2.26. The summed E-state index contributed by atoms with van der Waals surface area (Å²) in [4.78, 5) is 1.95. The highest BCUT2D eigenvalue weighted by atomic mass is 32.2. The van der Waals surface area contributed by atoms with E-state index in [1.165, 1.54) is 0 Å². The first-order chi connectivity index (χ1) is 5.52. The van der Waals surface area contributed by atoms with Gasteiger partial charge in [-0.05, 0) is 24.3 Å². The molecule has 0 aliphatic carbocycles. The van der Waals surface area contributed by atoms with E-state index in [0.717, 1.165) is 9.79 Å². The fourth-order valence-electron chi connectivity index (χ4n) is 0.453. The molecule has 0 fully saturated rings. The molecule has 0 amide bonds. The second kappa shape index (κ2) is 6.57. The highest BCUT2D eigenvalue weighted by Crippen LogP contribution is 2.09. The lowest BCUT2D eigenvalue weighted by Gasteiger charge is -1.88. The van der Waals surface area contributed by atoms with Crippen molar-refractivity contribution in [3.8, 4) is 0 Å². The summed E-state index contributed by atoms with van der Waals surface area (Å²) >= 11 is 8.20. The fraction of sp³-hybridized carbons (Fsp3) is 0.250. The third kappa shape index (κ3) is 8.17. The number of benzene rings is 1. The molecule has 0 bridgehead atoms. The molecule has 1 rings (SSSR count). The van der Waals surface area contributed by atoms with Gasteiger partial charge in [-0.1, -0.05) is 0 Å². The summed E-state index contributed by atoms with van der Waals surface area (Å²) in [6.07, 6.45) is 3.28. The van der Waals surface area contributed by atoms with Crippen LogP contribution in [0.25, 0.3) is 0 Å². The van der Waals surface area contributed by atoms with Crippen LogP contribution in [0.5, 0.6) is 0 Å². The lowest BCUT2D eigenvalue weighted by molar-refractivity contribution is 0.690. The largest absolute Gasteiger partial charge is 0.260 e. The Morgan fingerprint density at radius 3 is 1.33 bits per heavy atom. The van der Waals surface area contributed by atoms with Crippen LogP contribution in [0.4, 0.5) is 0 Å². The first-order valence-electron chi connectivity index (χ1n) is 3.25. The summed E-state index contributed by atoms with van der Waals surface area (Å²) in [5.74, 6) is 0. The molecule has 12 heavy (non-hydrogen) atoms. The van der Waals surface area contributed by atoms with Crippen LogP contribution >= 0.6 is 25.3 Å². The molecule has 0 aromatic heterocycles. The van der Waals surface area contributed by atoms with Crippen LogP contribution in [-0.2, 0) is 10.8 Å². The quantitative estimate of drug-likeness (QED) is 0.641. The van der Waals surface area contributed by atoms with Gasteiger partial charge < -0.3 is 0 Å². The minimum atomic E-state index is -0.611. The maximum Gasteiger partial charge on any atom is 0.0148 e. The highest BCUT2D eigenvalue weighted by Gasteiger charge is 1.81. The molecular weight excluding hydrogens is 208 g/mol. The van der Waals surface area contributed by atoms with E-state index in [0.29, 0.717) is 0 Å². The molecule has 68 valence electrons. The van der Waals surface area contributed by atoms with Crippen molar-refractivity contribution in [2.45, 2.75) is 9.79 Å². The van der Waals surface area contributed by atoms with E-state index in [9.17, 15) is 4.21 Å². The Morgan fingerprint density at radius 2 is 1.17 bits per heavy atom. The van der Waals surface area contributed by atoms with Crippen LogP contribution in [-0.4, -0.2) is 16.7 Å². The first kappa shape index (κ1) is 12.1. The van der Waals surface area contributed by atoms with Gasteiger partial charge >= 0.3 is 0 Å². The van der Waals surface area contributed by atoms with E-state index in [1.807, 2.05) is 24.3 Å². The molecule has 4 heteroatoms. The average molecular weight is 220 g/mol. The maximum atomic E-state index is 9.56. The molecule has 0 heterocycles. The second-order valence-electron chi connectivity index (χ2n) is 2.26. The summed E-state index contributed by atoms with van der Waals surface area (Å²) in [5, 5.41) is 0. The van der Waals surface area contributed by atoms with E-state index in [-0.39, 0.29) is 0 Å². The van der Waals surface area contributed by atoms with Crippen molar-refractivity contribution in [2.75, 3.05) is 12.5 Å². The Labute approximate surface area is 86.9 Å². The minimum absolute atomic E-state index is 0.611. The first-order valence-corrected chi connectivity index (χ1v) is 6.11. The SMILES string of the molecule is CS(C)=O.Sc1ccc(S)cc1. The Bertz CT molecular complexity index is 218. The number of hydrogen-bond donors (Lipinski definition) is 2. The van der Waals surface area contributed by atoms with Gasteiger partial charge in [-0.15, -0.1) is 25.3 Å². The summed E-state index contributed by atoms with van der Waals surface area (Å²) in [7, 11) is -0.611. The third-order valence-corrected chi connectivity index (χ3v) is 1.45. The van der Waals surface area contributed by atoms with Gasteiger partial charge in [0.05, 0.1) is 0 Å². The van der Waals surface area contributed by atoms with Crippen LogP contribution in [0.1, 0.15) is 0 Å². The Kier molecular flexibility index (Phi) is 6.61. The van der Waals surface area contributed by atoms with Crippen LogP contribution in [0.3, 0.4) is 0 Å². The monoisotopic (exact) mass is 220 g/mol. The molecule has 0 atom stereocenters. The maximum absolute atomic E-state index is 9.56. The lowest BCUT2D eigenvalue weighted by atomic mass is 10.4. The van der Waals surface area contributed by atoms with Crippen molar-refractivity contribution in [3.05, 3.63) is 24.3 Å². The van der Waals surface area contributed by atoms with Crippen LogP contribution in [0.15, 0.2) is 34.1 Å². The van der Waals surface area contributed by atoms with Crippen molar-refractivity contribution in [1.82, 2.24) is 0 Å². The van der Waals surface area contributed by atoms with Crippen LogP contribution < -0.4 is 0 Å². The van der Waals surface area contributed by atoms with E-state index in [4.69, 9.17) is 0 Å². The standard InChI is InChI=1S/C6H6S2.C2H6OS/c7-5-1-2-6(8)4-3-5;1-4(2)3/h1-4,7-8H;1-2H3. The van der Waals surface area contributed by atoms with Gasteiger partial charge in [0, 0.05) is 33.1 Å². The molecule has 0 spiro atoms. The normalized spacial score (nSPS) is 9.08. The fourth-order valence-corrected chi connectivity index (χ4v) is 0.751. The van der Waals surface area contributed by atoms with E-state index >= 15 is 0 Å². The topological polar surface area (TPSA) is 17.1 Å². The molecule has 1 nitrogen and oxygen atoms in total. The molecular formula is C8H12OS3. The zero-order chi connectivity index (χ0) is 9.56. The van der Waals surface area contributed by atoms with Crippen molar-refractivity contribution >= 4 is 36.1 Å². The third-order valence-electron chi connectivity index (χ3n) is 0.850. The second-order valence-corrected chi connectivity index (χ2v) is 4.77. The average Bonchev–Trinajstić information content (AvgIpc) is 1.94. The molecule has 1 aromatic carbocycles. The van der Waals surface area contributed by atoms with Gasteiger partial charge in [0.15, 0.2) is 0 Å². The van der Waals surface area contributed by atoms with Crippen molar-refractivity contribution in [3.63, 3.8) is 0 Å². The minimum Gasteiger partial charge on any atom is -0.260 e. The Balaban J connectivity index is 0.000000261. The van der Waals surface area contributed by atoms with Crippen molar-refractivity contribution in [2.24, 2.45) is 0 Å². The molecule has 0 N–H and O–H groups in total. The number of thiol groups is 2. The highest BCUT2D eigenvalue weighted by molar-refractivity contribution is 7.83. The van der Waals surface area contributed by atoms with Crippen LogP contribution in [0, 0.1) is 0 Å². The molecule has 0 aliphatic heterocycles. The van der Waals surface area contributed by atoms with Gasteiger partial charge in [-0.2, -0.15) is 0 Å². The van der Waals surface area contributed by atoms with Crippen molar-refractivity contribution in [1.29, 1.82) is 0 Å². The summed E-state index contributed by atoms with van der Waals surface area (Å²) in [6.45, 7) is 0. The summed E-state index contributed by atoms with van der Waals surface area (Å²) < 4.78 is 9.56. The summed E-state index contributed by atoms with van der Waals surface area (Å²) in [5.41, 5.74) is 0. The van der Waals surface area contributed by atoms with Gasteiger partial charge in [0.2, 0.25) is 0 Å². The van der Waals surface area contributed by atoms with Gasteiger partial charge in [-0.25, -0.2) is 0 Å². The molecule has 0 unspecified atom stereocenters. The number of rotatable bonds is 0. The number of hydrogen-bond acceptors (Lipinski definition) is 3. The van der Waals surface area contributed by atoms with Crippen molar-refractivity contribution < 1.29 is 4.21 Å². The van der Waals surface area contributed by atoms with Gasteiger partial charge in [-0.3, -0.25) is 4.21 Å². The molecule has 0 saturated carbocycles. The smallest absolute Gasteiger partial charge is 0.0148 e. The van der Waals surface area contributed by atoms with Gasteiger partial charge in [0.25, 0.3) is 0 Å². The Hall–Kier alpha value is 0.0700. The zero-order valence-corrected chi connectivity index (χ0v) is 9.63. The Morgan fingerprint density at radius 1 is 1.00 bits per heavy atom. The van der Waals surface area contributed by atoms with E-state index in [2.05, 4.69) is 25.3 Å². The molecule has 1 aromatic rings. The lowest BCUT2D eigenvalue weighted by Crippen LogP contribution is -1.70. The molecule has 0 saturated heterocycles. The molecule has 0 radical (unpaired) electrons. The van der Waals surface area contributed by atoms with E-state index in [1.54, 1.807) is 12.5 Å². The van der Waals surface area contributed by atoms with Gasteiger partial charge in [0.1, 0.15) is 0 Å². The van der Waals surface area contributed by atoms with E-state index < -0.39 is 10.8 Å². The molecule has 0 aliphatic rings. The summed E-state index contributed by atoms with van der Waals surface area (Å²) in [6, 6.07) is 7.63. The zero-order valence-electron chi connectivity index (χ0n) is 7.02.